The summed E-state index contributed by atoms with van der Waals surface area (Å²) in [6.45, 7) is 10.2. The number of carbonyl (C=O) groups excluding carboxylic acids is 1. The normalized spacial score (nSPS) is 11.3. The Balaban J connectivity index is 2.00. The molecule has 29 heavy (non-hydrogen) atoms. The smallest absolute Gasteiger partial charge is 0.269 e. The Morgan fingerprint density at radius 1 is 1.07 bits per heavy atom. The van der Waals surface area contributed by atoms with Gasteiger partial charge in [0, 0.05) is 29.2 Å². The molecule has 150 valence electrons. The topological polar surface area (TPSA) is 90.1 Å². The van der Waals surface area contributed by atoms with Crippen LogP contribution in [-0.2, 0) is 5.41 Å². The van der Waals surface area contributed by atoms with Crippen molar-refractivity contribution in [2.24, 2.45) is 0 Å². The highest BCUT2D eigenvalue weighted by Gasteiger charge is 2.22. The first kappa shape index (κ1) is 20.3. The minimum atomic E-state index is -0.494. The molecule has 1 amide bonds. The molecule has 3 aromatic rings. The fourth-order valence-electron chi connectivity index (χ4n) is 2.99. The number of carbonyl (C=O) groups is 1. The summed E-state index contributed by atoms with van der Waals surface area (Å²) >= 11 is 0. The maximum Gasteiger partial charge on any atom is 0.269 e. The highest BCUT2D eigenvalue weighted by molar-refractivity contribution is 6.04. The number of benzene rings is 2. The van der Waals surface area contributed by atoms with Gasteiger partial charge in [-0.15, -0.1) is 0 Å². The number of aryl methyl sites for hydroxylation is 2. The number of hydrogen-bond acceptors (Lipinski definition) is 4. The lowest BCUT2D eigenvalue weighted by Crippen LogP contribution is -2.15. The van der Waals surface area contributed by atoms with Crippen LogP contribution in [0.1, 0.15) is 48.0 Å². The van der Waals surface area contributed by atoms with Gasteiger partial charge in [-0.25, -0.2) is 4.68 Å². The van der Waals surface area contributed by atoms with Crippen molar-refractivity contribution in [1.29, 1.82) is 0 Å². The second kappa shape index (κ2) is 7.50. The average molecular weight is 392 g/mol. The van der Waals surface area contributed by atoms with E-state index < -0.39 is 4.92 Å². The molecule has 7 heteroatoms. The van der Waals surface area contributed by atoms with Gasteiger partial charge in [0.15, 0.2) is 0 Å². The summed E-state index contributed by atoms with van der Waals surface area (Å²) in [5.74, 6) is 0.191. The Bertz CT molecular complexity index is 1080. The molecule has 0 bridgehead atoms. The summed E-state index contributed by atoms with van der Waals surface area (Å²) in [7, 11) is 0. The Labute approximate surface area is 169 Å². The lowest BCUT2D eigenvalue weighted by atomic mass is 9.92. The molecule has 0 aliphatic heterocycles. The highest BCUT2D eigenvalue weighted by atomic mass is 16.6. The van der Waals surface area contributed by atoms with E-state index >= 15 is 0 Å². The third-order valence-corrected chi connectivity index (χ3v) is 4.64. The maximum absolute atomic E-state index is 12.8. The van der Waals surface area contributed by atoms with Crippen LogP contribution < -0.4 is 5.32 Å². The molecule has 7 nitrogen and oxygen atoms in total. The average Bonchev–Trinajstić information content (AvgIpc) is 3.05. The summed E-state index contributed by atoms with van der Waals surface area (Å²) in [6, 6.07) is 13.4. The number of nitro groups is 1. The van der Waals surface area contributed by atoms with E-state index in [4.69, 9.17) is 5.10 Å². The van der Waals surface area contributed by atoms with E-state index in [0.717, 1.165) is 22.5 Å². The number of nitrogens with one attached hydrogen (secondary N) is 1. The van der Waals surface area contributed by atoms with Crippen LogP contribution in [0.15, 0.2) is 48.5 Å². The second-order valence-corrected chi connectivity index (χ2v) is 8.12. The van der Waals surface area contributed by atoms with E-state index in [1.54, 1.807) is 4.68 Å². The number of rotatable bonds is 4. The number of hydrogen-bond donors (Lipinski definition) is 1. The fourth-order valence-corrected chi connectivity index (χ4v) is 2.99. The molecule has 0 fully saturated rings. The van der Waals surface area contributed by atoms with Gasteiger partial charge in [0.05, 0.1) is 16.3 Å². The predicted octanol–water partition coefficient (Wildman–Crippen LogP) is 4.95. The molecule has 0 aliphatic rings. The Kier molecular flexibility index (Phi) is 5.24. The van der Waals surface area contributed by atoms with Gasteiger partial charge in [-0.3, -0.25) is 14.9 Å². The third-order valence-electron chi connectivity index (χ3n) is 4.64. The third kappa shape index (κ3) is 4.34. The number of non-ortho nitro benzene ring substituents is 1. The lowest BCUT2D eigenvalue weighted by Gasteiger charge is -2.14. The van der Waals surface area contributed by atoms with Gasteiger partial charge >= 0.3 is 0 Å². The molecule has 0 spiro atoms. The number of nitrogens with zero attached hydrogens (tertiary/aromatic N) is 3. The number of anilines is 1. The molecular weight excluding hydrogens is 368 g/mol. The van der Waals surface area contributed by atoms with Crippen LogP contribution in [0.25, 0.3) is 5.69 Å². The SMILES string of the molecule is Cc1ccc(-n2nc(C(C)(C)C)cc2NC(=O)c2ccc([N+](=O)[O-])cc2)c(C)c1. The van der Waals surface area contributed by atoms with Crippen LogP contribution >= 0.6 is 0 Å². The van der Waals surface area contributed by atoms with E-state index in [0.29, 0.717) is 11.4 Å². The van der Waals surface area contributed by atoms with Crippen LogP contribution in [0.4, 0.5) is 11.5 Å². The van der Waals surface area contributed by atoms with E-state index in [1.165, 1.54) is 24.3 Å². The zero-order valence-corrected chi connectivity index (χ0v) is 17.2. The quantitative estimate of drug-likeness (QED) is 0.502. The van der Waals surface area contributed by atoms with Gasteiger partial charge in [0.2, 0.25) is 0 Å². The predicted molar refractivity (Wildman–Crippen MR) is 113 cm³/mol. The van der Waals surface area contributed by atoms with E-state index in [2.05, 4.69) is 32.2 Å². The maximum atomic E-state index is 12.8. The van der Waals surface area contributed by atoms with Crippen LogP contribution in [0.5, 0.6) is 0 Å². The first-order valence-corrected chi connectivity index (χ1v) is 9.30. The fraction of sp³-hybridized carbons (Fsp3) is 0.273. The molecule has 1 aromatic heterocycles. The number of nitro benzene ring substituents is 1. The van der Waals surface area contributed by atoms with E-state index in [-0.39, 0.29) is 17.0 Å². The zero-order chi connectivity index (χ0) is 21.3. The Morgan fingerprint density at radius 3 is 2.28 bits per heavy atom. The molecule has 3 rings (SSSR count). The molecule has 1 N–H and O–H groups in total. The van der Waals surface area contributed by atoms with Crippen molar-refractivity contribution in [3.8, 4) is 5.69 Å². The first-order valence-electron chi connectivity index (χ1n) is 9.30. The molecule has 0 saturated carbocycles. The molecule has 0 atom stereocenters. The Hall–Kier alpha value is -3.48. The zero-order valence-electron chi connectivity index (χ0n) is 17.2. The van der Waals surface area contributed by atoms with Gasteiger partial charge in [-0.05, 0) is 37.6 Å². The van der Waals surface area contributed by atoms with Gasteiger partial charge in [0.1, 0.15) is 5.82 Å². The summed E-state index contributed by atoms with van der Waals surface area (Å²) in [6.07, 6.45) is 0. The summed E-state index contributed by atoms with van der Waals surface area (Å²) in [5, 5.41) is 18.5. The molecule has 0 aliphatic carbocycles. The van der Waals surface area contributed by atoms with Crippen LogP contribution in [-0.4, -0.2) is 20.6 Å². The molecule has 1 heterocycles. The first-order chi connectivity index (χ1) is 13.6. The molecule has 0 unspecified atom stereocenters. The van der Waals surface area contributed by atoms with Gasteiger partial charge in [0.25, 0.3) is 11.6 Å². The van der Waals surface area contributed by atoms with E-state index in [9.17, 15) is 14.9 Å². The molecular formula is C22H24N4O3. The van der Waals surface area contributed by atoms with Crippen molar-refractivity contribution in [3.05, 3.63) is 81.0 Å². The number of amides is 1. The molecule has 0 saturated heterocycles. The van der Waals surface area contributed by atoms with Crippen molar-refractivity contribution in [3.63, 3.8) is 0 Å². The minimum absolute atomic E-state index is 0.0584. The second-order valence-electron chi connectivity index (χ2n) is 8.12. The minimum Gasteiger partial charge on any atom is -0.306 e. The van der Waals surface area contributed by atoms with Crippen LogP contribution in [0.3, 0.4) is 0 Å². The standard InChI is InChI=1S/C22H24N4O3/c1-14-6-11-18(15(2)12-14)25-20(13-19(24-25)22(3,4)5)23-21(27)16-7-9-17(10-8-16)26(28)29/h6-13H,1-5H3,(H,23,27). The molecule has 0 radical (unpaired) electrons. The van der Waals surface area contributed by atoms with Gasteiger partial charge in [-0.2, -0.15) is 5.10 Å². The van der Waals surface area contributed by atoms with E-state index in [1.807, 2.05) is 32.0 Å². The Morgan fingerprint density at radius 2 is 1.72 bits per heavy atom. The lowest BCUT2D eigenvalue weighted by molar-refractivity contribution is -0.384. The summed E-state index contributed by atoms with van der Waals surface area (Å²) < 4.78 is 1.73. The van der Waals surface area contributed by atoms with Crippen molar-refractivity contribution in [2.75, 3.05) is 5.32 Å². The van der Waals surface area contributed by atoms with Gasteiger partial charge in [-0.1, -0.05) is 38.5 Å². The number of aromatic nitrogens is 2. The van der Waals surface area contributed by atoms with Crippen molar-refractivity contribution in [1.82, 2.24) is 9.78 Å². The van der Waals surface area contributed by atoms with Crippen molar-refractivity contribution >= 4 is 17.4 Å². The van der Waals surface area contributed by atoms with Crippen LogP contribution in [0, 0.1) is 24.0 Å². The summed E-state index contributed by atoms with van der Waals surface area (Å²) in [4.78, 5) is 23.1. The highest BCUT2D eigenvalue weighted by Crippen LogP contribution is 2.28. The largest absolute Gasteiger partial charge is 0.306 e. The van der Waals surface area contributed by atoms with Crippen molar-refractivity contribution < 1.29 is 9.72 Å². The monoisotopic (exact) mass is 392 g/mol. The van der Waals surface area contributed by atoms with Crippen molar-refractivity contribution in [2.45, 2.75) is 40.0 Å². The molecule has 2 aromatic carbocycles. The van der Waals surface area contributed by atoms with Gasteiger partial charge < -0.3 is 5.32 Å². The van der Waals surface area contributed by atoms with Crippen LogP contribution in [0.2, 0.25) is 0 Å². The summed E-state index contributed by atoms with van der Waals surface area (Å²) in [5.41, 5.74) is 3.99.